The van der Waals surface area contributed by atoms with Crippen LogP contribution in [0.2, 0.25) is 0 Å². The summed E-state index contributed by atoms with van der Waals surface area (Å²) < 4.78 is 1.95. The summed E-state index contributed by atoms with van der Waals surface area (Å²) in [6.07, 6.45) is 9.81. The maximum Gasteiger partial charge on any atom is 0.235 e. The van der Waals surface area contributed by atoms with Crippen molar-refractivity contribution in [1.82, 2.24) is 14.5 Å². The van der Waals surface area contributed by atoms with E-state index in [-0.39, 0.29) is 11.2 Å². The van der Waals surface area contributed by atoms with Gasteiger partial charge in [-0.2, -0.15) is 0 Å². The van der Waals surface area contributed by atoms with E-state index in [2.05, 4.69) is 4.98 Å². The topological polar surface area (TPSA) is 38.1 Å². The lowest BCUT2D eigenvalue weighted by Gasteiger charge is -2.32. The van der Waals surface area contributed by atoms with Gasteiger partial charge in [0, 0.05) is 32.5 Å². The summed E-state index contributed by atoms with van der Waals surface area (Å²) in [6.45, 7) is 1.97. The minimum absolute atomic E-state index is 0.0759. The Hall–Kier alpha value is -0.970. The van der Waals surface area contributed by atoms with Crippen LogP contribution in [0.3, 0.4) is 0 Å². The normalized spacial score (nSPS) is 18.3. The van der Waals surface area contributed by atoms with E-state index < -0.39 is 0 Å². The van der Waals surface area contributed by atoms with Crippen LogP contribution in [0.15, 0.2) is 17.6 Å². The summed E-state index contributed by atoms with van der Waals surface area (Å²) in [7, 11) is 3.91. The van der Waals surface area contributed by atoms with E-state index >= 15 is 0 Å². The van der Waals surface area contributed by atoms with Crippen molar-refractivity contribution < 1.29 is 4.79 Å². The molecule has 1 aromatic heterocycles. The van der Waals surface area contributed by atoms with Crippen LogP contribution in [0.1, 0.15) is 39.0 Å². The number of amides is 1. The molecular weight excluding hydrogens is 258 g/mol. The molecule has 0 bridgehead atoms. The first-order chi connectivity index (χ1) is 9.09. The molecule has 1 aliphatic rings. The summed E-state index contributed by atoms with van der Waals surface area (Å²) in [6, 6.07) is 0.436. The molecule has 0 aromatic carbocycles. The largest absolute Gasteiger partial charge is 0.342 e. The van der Waals surface area contributed by atoms with Crippen LogP contribution in [0.5, 0.6) is 0 Å². The van der Waals surface area contributed by atoms with Crippen LogP contribution in [0.4, 0.5) is 0 Å². The minimum atomic E-state index is -0.0759. The molecule has 0 radical (unpaired) electrons. The van der Waals surface area contributed by atoms with Crippen LogP contribution in [0, 0.1) is 0 Å². The molecule has 4 nitrogen and oxygen atoms in total. The number of nitrogens with zero attached hydrogens (tertiary/aromatic N) is 3. The second-order valence-corrected chi connectivity index (χ2v) is 6.63. The van der Waals surface area contributed by atoms with Crippen molar-refractivity contribution in [3.63, 3.8) is 0 Å². The number of hydrogen-bond donors (Lipinski definition) is 0. The molecule has 1 aromatic rings. The molecule has 2 rings (SSSR count). The third kappa shape index (κ3) is 3.53. The summed E-state index contributed by atoms with van der Waals surface area (Å²) in [5, 5.41) is 0.825. The van der Waals surface area contributed by atoms with Gasteiger partial charge in [-0.25, -0.2) is 4.98 Å². The first kappa shape index (κ1) is 14.4. The Kier molecular flexibility index (Phi) is 4.91. The second-order valence-electron chi connectivity index (χ2n) is 5.32. The van der Waals surface area contributed by atoms with Crippen LogP contribution in [0.25, 0.3) is 0 Å². The van der Waals surface area contributed by atoms with Gasteiger partial charge in [-0.3, -0.25) is 4.79 Å². The van der Waals surface area contributed by atoms with E-state index in [1.54, 1.807) is 6.20 Å². The average molecular weight is 281 g/mol. The highest BCUT2D eigenvalue weighted by Crippen LogP contribution is 2.26. The number of rotatable bonds is 4. The first-order valence-electron chi connectivity index (χ1n) is 7.00. The number of imidazole rings is 1. The van der Waals surface area contributed by atoms with Crippen molar-refractivity contribution in [1.29, 1.82) is 0 Å². The number of thioether (sulfide) groups is 1. The van der Waals surface area contributed by atoms with Crippen LogP contribution in [-0.2, 0) is 11.8 Å². The van der Waals surface area contributed by atoms with Crippen LogP contribution < -0.4 is 0 Å². The zero-order valence-electron chi connectivity index (χ0n) is 12.0. The van der Waals surface area contributed by atoms with E-state index in [1.165, 1.54) is 31.0 Å². The molecule has 1 fully saturated rings. The second kappa shape index (κ2) is 6.46. The third-order valence-corrected chi connectivity index (χ3v) is 5.04. The Morgan fingerprint density at radius 1 is 1.47 bits per heavy atom. The lowest BCUT2D eigenvalue weighted by molar-refractivity contribution is -0.131. The van der Waals surface area contributed by atoms with E-state index in [0.29, 0.717) is 6.04 Å². The van der Waals surface area contributed by atoms with Crippen molar-refractivity contribution in [3.05, 3.63) is 12.4 Å². The smallest absolute Gasteiger partial charge is 0.235 e. The monoisotopic (exact) mass is 281 g/mol. The Morgan fingerprint density at radius 3 is 2.74 bits per heavy atom. The molecule has 1 amide bonds. The third-order valence-electron chi connectivity index (χ3n) is 3.88. The number of hydrogen-bond acceptors (Lipinski definition) is 3. The molecule has 1 saturated carbocycles. The van der Waals surface area contributed by atoms with E-state index in [4.69, 9.17) is 0 Å². The summed E-state index contributed by atoms with van der Waals surface area (Å²) in [4.78, 5) is 18.7. The fourth-order valence-electron chi connectivity index (χ4n) is 2.61. The van der Waals surface area contributed by atoms with Gasteiger partial charge < -0.3 is 9.47 Å². The molecule has 19 heavy (non-hydrogen) atoms. The number of carbonyl (C=O) groups is 1. The molecule has 1 heterocycles. The number of carbonyl (C=O) groups excluding carboxylic acids is 1. The summed E-state index contributed by atoms with van der Waals surface area (Å²) in [5.74, 6) is 0.222. The van der Waals surface area contributed by atoms with E-state index in [0.717, 1.165) is 18.0 Å². The van der Waals surface area contributed by atoms with Crippen molar-refractivity contribution >= 4 is 17.7 Å². The maximum absolute atomic E-state index is 12.4. The lowest BCUT2D eigenvalue weighted by Crippen LogP contribution is -2.42. The predicted molar refractivity (Wildman–Crippen MR) is 78.2 cm³/mol. The Labute approximate surface area is 119 Å². The molecule has 0 spiro atoms. The number of aryl methyl sites for hydroxylation is 1. The highest BCUT2D eigenvalue weighted by atomic mass is 32.2. The zero-order chi connectivity index (χ0) is 13.8. The molecule has 0 saturated heterocycles. The SMILES string of the molecule is CC(Sc1nccn1C)C(=O)N(C)C1CCCCC1. The zero-order valence-corrected chi connectivity index (χ0v) is 12.8. The molecule has 1 atom stereocenters. The van der Waals surface area contributed by atoms with Gasteiger partial charge in [0.05, 0.1) is 5.25 Å². The van der Waals surface area contributed by atoms with Crippen molar-refractivity contribution in [2.75, 3.05) is 7.05 Å². The van der Waals surface area contributed by atoms with Crippen LogP contribution >= 0.6 is 11.8 Å². The Balaban J connectivity index is 1.92. The van der Waals surface area contributed by atoms with Gasteiger partial charge >= 0.3 is 0 Å². The lowest BCUT2D eigenvalue weighted by atomic mass is 9.94. The van der Waals surface area contributed by atoms with Gasteiger partial charge in [-0.1, -0.05) is 31.0 Å². The minimum Gasteiger partial charge on any atom is -0.342 e. The van der Waals surface area contributed by atoms with E-state index in [1.807, 2.05) is 36.7 Å². The van der Waals surface area contributed by atoms with Gasteiger partial charge in [0.2, 0.25) is 5.91 Å². The Bertz CT molecular complexity index is 426. The van der Waals surface area contributed by atoms with Gasteiger partial charge in [-0.15, -0.1) is 0 Å². The molecule has 1 unspecified atom stereocenters. The molecular formula is C14H23N3OS. The average Bonchev–Trinajstić information content (AvgIpc) is 2.83. The Morgan fingerprint density at radius 2 is 2.16 bits per heavy atom. The molecule has 0 aliphatic heterocycles. The van der Waals surface area contributed by atoms with Crippen LogP contribution in [-0.4, -0.2) is 38.7 Å². The van der Waals surface area contributed by atoms with E-state index in [9.17, 15) is 4.79 Å². The number of aromatic nitrogens is 2. The van der Waals surface area contributed by atoms with Gasteiger partial charge in [0.25, 0.3) is 0 Å². The molecule has 5 heteroatoms. The van der Waals surface area contributed by atoms with Gasteiger partial charge in [0.15, 0.2) is 5.16 Å². The predicted octanol–water partition coefficient (Wildman–Crippen LogP) is 2.69. The van der Waals surface area contributed by atoms with Gasteiger partial charge in [0.1, 0.15) is 0 Å². The van der Waals surface area contributed by atoms with Gasteiger partial charge in [-0.05, 0) is 19.8 Å². The standard InChI is InChI=1S/C14H23N3OS/c1-11(19-14-15-9-10-16(14)2)13(18)17(3)12-7-5-4-6-8-12/h9-12H,4-8H2,1-3H3. The first-order valence-corrected chi connectivity index (χ1v) is 7.88. The van der Waals surface area contributed by atoms with Crippen molar-refractivity contribution in [2.45, 2.75) is 55.5 Å². The highest BCUT2D eigenvalue weighted by Gasteiger charge is 2.26. The fourth-order valence-corrected chi connectivity index (χ4v) is 3.54. The summed E-state index contributed by atoms with van der Waals surface area (Å²) >= 11 is 1.54. The highest BCUT2D eigenvalue weighted by molar-refractivity contribution is 8.00. The quantitative estimate of drug-likeness (QED) is 0.796. The molecule has 106 valence electrons. The maximum atomic E-state index is 12.4. The fraction of sp³-hybridized carbons (Fsp3) is 0.714. The molecule has 1 aliphatic carbocycles. The van der Waals surface area contributed by atoms with Crippen molar-refractivity contribution in [2.24, 2.45) is 7.05 Å². The van der Waals surface area contributed by atoms with Crippen molar-refractivity contribution in [3.8, 4) is 0 Å². The summed E-state index contributed by atoms with van der Waals surface area (Å²) in [5.41, 5.74) is 0. The molecule has 0 N–H and O–H groups in total.